The normalized spacial score (nSPS) is 12.1. The van der Waals surface area contributed by atoms with Gasteiger partial charge in [0.05, 0.1) is 14.7 Å². The van der Waals surface area contributed by atoms with Gasteiger partial charge in [-0.1, -0.05) is 53.5 Å². The topological polar surface area (TPSA) is 80.3 Å². The molecule has 0 saturated carbocycles. The molecule has 0 aliphatic heterocycles. The van der Waals surface area contributed by atoms with E-state index < -0.39 is 19.9 Å². The average Bonchev–Trinajstić information content (AvgIpc) is 2.70. The molecule has 0 aliphatic rings. The predicted molar refractivity (Wildman–Crippen MR) is 114 cm³/mol. The molecule has 0 aromatic heterocycles. The molecule has 0 saturated heterocycles. The number of halogens is 2. The molecule has 29 heavy (non-hydrogen) atoms. The second kappa shape index (κ2) is 8.85. The van der Waals surface area contributed by atoms with Crippen molar-refractivity contribution >= 4 is 43.1 Å². The fraction of sp³-hybridized carbons (Fsp3) is 0.100. The Morgan fingerprint density at radius 1 is 0.724 bits per heavy atom. The van der Waals surface area contributed by atoms with Crippen LogP contribution in [0.15, 0.2) is 87.5 Å². The first-order valence-electron chi connectivity index (χ1n) is 8.54. The van der Waals surface area contributed by atoms with Crippen molar-refractivity contribution in [3.8, 4) is 0 Å². The zero-order chi connectivity index (χ0) is 21.1. The van der Waals surface area contributed by atoms with Crippen molar-refractivity contribution in [2.45, 2.75) is 21.1 Å². The molecule has 0 unspecified atom stereocenters. The lowest BCUT2D eigenvalue weighted by Gasteiger charge is -2.10. The quantitative estimate of drug-likeness (QED) is 0.557. The van der Waals surface area contributed by atoms with E-state index in [0.717, 1.165) is 11.6 Å². The van der Waals surface area contributed by atoms with Crippen LogP contribution in [0.4, 0.5) is 0 Å². The molecule has 5 nitrogen and oxygen atoms in total. The number of sulfone groups is 1. The molecule has 9 heteroatoms. The van der Waals surface area contributed by atoms with E-state index in [1.165, 1.54) is 30.3 Å². The van der Waals surface area contributed by atoms with Gasteiger partial charge in [-0.25, -0.2) is 21.6 Å². The molecule has 0 amide bonds. The van der Waals surface area contributed by atoms with Gasteiger partial charge in [-0.2, -0.15) is 0 Å². The highest BCUT2D eigenvalue weighted by Crippen LogP contribution is 2.24. The Hall–Kier alpha value is -1.90. The van der Waals surface area contributed by atoms with Gasteiger partial charge in [-0.3, -0.25) is 0 Å². The predicted octanol–water partition coefficient (Wildman–Crippen LogP) is 4.35. The van der Waals surface area contributed by atoms with E-state index in [1.54, 1.807) is 36.4 Å². The standard InChI is InChI=1S/C20H17Cl2NO4S2/c21-16-10-9-15(20(22)13-16)11-12-23-29(26,27)19-8-4-7-18(14-19)28(24,25)17-5-2-1-3-6-17/h1-10,13-14,23H,11-12H2. The summed E-state index contributed by atoms with van der Waals surface area (Å²) in [5.41, 5.74) is 0.749. The lowest BCUT2D eigenvalue weighted by Crippen LogP contribution is -2.26. The molecule has 0 fully saturated rings. The maximum atomic E-state index is 12.7. The molecular weight excluding hydrogens is 453 g/mol. The number of nitrogens with one attached hydrogen (secondary N) is 1. The largest absolute Gasteiger partial charge is 0.240 e. The van der Waals surface area contributed by atoms with Crippen LogP contribution >= 0.6 is 23.2 Å². The number of sulfonamides is 1. The van der Waals surface area contributed by atoms with E-state index in [0.29, 0.717) is 16.5 Å². The van der Waals surface area contributed by atoms with Gasteiger partial charge < -0.3 is 0 Å². The first-order chi connectivity index (χ1) is 13.7. The van der Waals surface area contributed by atoms with Crippen LogP contribution < -0.4 is 4.72 Å². The molecule has 3 aromatic carbocycles. The van der Waals surface area contributed by atoms with Crippen LogP contribution in [0.5, 0.6) is 0 Å². The van der Waals surface area contributed by atoms with Crippen molar-refractivity contribution in [2.75, 3.05) is 6.54 Å². The summed E-state index contributed by atoms with van der Waals surface area (Å²) in [6.07, 6.45) is 0.358. The van der Waals surface area contributed by atoms with Gasteiger partial charge >= 0.3 is 0 Å². The van der Waals surface area contributed by atoms with Gasteiger partial charge in [-0.05, 0) is 54.4 Å². The number of rotatable bonds is 7. The fourth-order valence-electron chi connectivity index (χ4n) is 2.67. The number of hydrogen-bond acceptors (Lipinski definition) is 4. The van der Waals surface area contributed by atoms with Crippen LogP contribution in [0.3, 0.4) is 0 Å². The molecule has 3 rings (SSSR count). The third-order valence-electron chi connectivity index (χ3n) is 4.18. The highest BCUT2D eigenvalue weighted by atomic mass is 35.5. The second-order valence-corrected chi connectivity index (χ2v) is 10.7. The van der Waals surface area contributed by atoms with Crippen molar-refractivity contribution in [2.24, 2.45) is 0 Å². The van der Waals surface area contributed by atoms with Gasteiger partial charge in [0, 0.05) is 16.6 Å². The van der Waals surface area contributed by atoms with Gasteiger partial charge in [0.25, 0.3) is 0 Å². The zero-order valence-corrected chi connectivity index (χ0v) is 18.2. The van der Waals surface area contributed by atoms with Gasteiger partial charge in [0.1, 0.15) is 0 Å². The molecule has 0 heterocycles. The third-order valence-corrected chi connectivity index (χ3v) is 7.99. The summed E-state index contributed by atoms with van der Waals surface area (Å²) in [7, 11) is -7.72. The van der Waals surface area contributed by atoms with Crippen LogP contribution in [-0.2, 0) is 26.3 Å². The molecule has 0 atom stereocenters. The molecule has 3 aromatic rings. The summed E-state index contributed by atoms with van der Waals surface area (Å²) >= 11 is 12.0. The lowest BCUT2D eigenvalue weighted by molar-refractivity contribution is 0.581. The molecular formula is C20H17Cl2NO4S2. The van der Waals surface area contributed by atoms with Gasteiger partial charge in [0.15, 0.2) is 0 Å². The summed E-state index contributed by atoms with van der Waals surface area (Å²) in [5.74, 6) is 0. The minimum atomic E-state index is -3.90. The first kappa shape index (κ1) is 21.8. The summed E-state index contributed by atoms with van der Waals surface area (Å²) in [5, 5.41) is 0.948. The zero-order valence-electron chi connectivity index (χ0n) is 15.0. The highest BCUT2D eigenvalue weighted by Gasteiger charge is 2.21. The van der Waals surface area contributed by atoms with Crippen molar-refractivity contribution in [1.29, 1.82) is 0 Å². The molecule has 0 radical (unpaired) electrons. The Kier molecular flexibility index (Phi) is 6.65. The Labute approximate surface area is 180 Å². The Morgan fingerprint density at radius 3 is 2.07 bits per heavy atom. The first-order valence-corrected chi connectivity index (χ1v) is 12.3. The number of benzene rings is 3. The molecule has 0 aliphatic carbocycles. The van der Waals surface area contributed by atoms with Crippen molar-refractivity contribution < 1.29 is 16.8 Å². The maximum Gasteiger partial charge on any atom is 0.240 e. The monoisotopic (exact) mass is 469 g/mol. The molecule has 1 N–H and O–H groups in total. The SMILES string of the molecule is O=S(=O)(NCCc1ccc(Cl)cc1Cl)c1cccc(S(=O)(=O)c2ccccc2)c1. The van der Waals surface area contributed by atoms with E-state index in [1.807, 2.05) is 0 Å². The summed E-state index contributed by atoms with van der Waals surface area (Å²) in [6.45, 7) is 0.0966. The van der Waals surface area contributed by atoms with E-state index >= 15 is 0 Å². The van der Waals surface area contributed by atoms with Crippen molar-refractivity contribution in [3.63, 3.8) is 0 Å². The summed E-state index contributed by atoms with van der Waals surface area (Å²) in [6, 6.07) is 18.1. The lowest BCUT2D eigenvalue weighted by atomic mass is 10.1. The molecule has 152 valence electrons. The van der Waals surface area contributed by atoms with E-state index in [4.69, 9.17) is 23.2 Å². The highest BCUT2D eigenvalue weighted by molar-refractivity contribution is 7.91. The van der Waals surface area contributed by atoms with Gasteiger partial charge in [0.2, 0.25) is 19.9 Å². The second-order valence-electron chi connectivity index (χ2n) is 6.17. The van der Waals surface area contributed by atoms with Crippen LogP contribution in [0, 0.1) is 0 Å². The smallest absolute Gasteiger partial charge is 0.219 e. The summed E-state index contributed by atoms with van der Waals surface area (Å²) < 4.78 is 53.2. The van der Waals surface area contributed by atoms with Crippen LogP contribution in [0.1, 0.15) is 5.56 Å². The summed E-state index contributed by atoms with van der Waals surface area (Å²) in [4.78, 5) is -0.121. The Balaban J connectivity index is 1.78. The van der Waals surface area contributed by atoms with E-state index in [9.17, 15) is 16.8 Å². The minimum absolute atomic E-state index is 0.0904. The average molecular weight is 470 g/mol. The van der Waals surface area contributed by atoms with Gasteiger partial charge in [-0.15, -0.1) is 0 Å². The Bertz CT molecular complexity index is 1230. The third kappa shape index (κ3) is 5.18. The van der Waals surface area contributed by atoms with Crippen molar-refractivity contribution in [3.05, 3.63) is 88.4 Å². The molecule has 0 spiro atoms. The van der Waals surface area contributed by atoms with E-state index in [2.05, 4.69) is 4.72 Å². The molecule has 0 bridgehead atoms. The Morgan fingerprint density at radius 2 is 1.38 bits per heavy atom. The minimum Gasteiger partial charge on any atom is -0.219 e. The maximum absolute atomic E-state index is 12.7. The number of hydrogen-bond donors (Lipinski definition) is 1. The van der Waals surface area contributed by atoms with Crippen molar-refractivity contribution in [1.82, 2.24) is 4.72 Å². The van der Waals surface area contributed by atoms with Crippen LogP contribution in [0.2, 0.25) is 10.0 Å². The fourth-order valence-corrected chi connectivity index (χ4v) is 5.65. The van der Waals surface area contributed by atoms with Crippen LogP contribution in [0.25, 0.3) is 0 Å². The van der Waals surface area contributed by atoms with Crippen LogP contribution in [-0.4, -0.2) is 23.4 Å². The van der Waals surface area contributed by atoms with E-state index in [-0.39, 0.29) is 21.2 Å².